The average Bonchev–Trinajstić information content (AvgIpc) is 2.64. The minimum absolute atomic E-state index is 0.00203. The summed E-state index contributed by atoms with van der Waals surface area (Å²) in [6.07, 6.45) is -26.1. The van der Waals surface area contributed by atoms with Gasteiger partial charge in [-0.15, -0.1) is 0 Å². The fourth-order valence-corrected chi connectivity index (χ4v) is 2.24. The monoisotopic (exact) mass is 532 g/mol. The fourth-order valence-electron chi connectivity index (χ4n) is 2.24. The van der Waals surface area contributed by atoms with Crippen LogP contribution in [0.1, 0.15) is 11.1 Å². The lowest BCUT2D eigenvalue weighted by atomic mass is 10.1. The van der Waals surface area contributed by atoms with Crippen molar-refractivity contribution in [3.05, 3.63) is 35.4 Å². The Balaban J connectivity index is 2.82. The second-order valence-electron chi connectivity index (χ2n) is 6.33. The molecule has 1 aromatic rings. The van der Waals surface area contributed by atoms with Gasteiger partial charge in [0.2, 0.25) is 5.90 Å². The average molecular weight is 532 g/mol. The first kappa shape index (κ1) is 27.5. The molecule has 0 aliphatic carbocycles. The Bertz CT molecular complexity index is 964. The Hall–Kier alpha value is -2.76. The van der Waals surface area contributed by atoms with Crippen molar-refractivity contribution >= 4 is 11.8 Å². The van der Waals surface area contributed by atoms with Gasteiger partial charge in [-0.25, -0.2) is 9.98 Å². The maximum atomic E-state index is 13.9. The molecule has 0 unspecified atom stereocenters. The van der Waals surface area contributed by atoms with Crippen LogP contribution in [0.25, 0.3) is 0 Å². The summed E-state index contributed by atoms with van der Waals surface area (Å²) in [5.74, 6) is -20.3. The number of ether oxygens (including phenoxy) is 1. The number of halogens is 16. The van der Waals surface area contributed by atoms with E-state index in [2.05, 4.69) is 4.74 Å². The minimum atomic E-state index is -7.30. The summed E-state index contributed by atoms with van der Waals surface area (Å²) in [6.45, 7) is 0. The van der Waals surface area contributed by atoms with Crippen LogP contribution in [0, 0.1) is 0 Å². The molecule has 2 rings (SSSR count). The van der Waals surface area contributed by atoms with E-state index < -0.39 is 65.1 Å². The molecule has 0 atom stereocenters. The third-order valence-electron chi connectivity index (χ3n) is 3.99. The van der Waals surface area contributed by atoms with Crippen LogP contribution in [0.4, 0.5) is 70.2 Å². The fraction of sp³-hybridized carbons (Fsp3) is 0.467. The lowest BCUT2D eigenvalue weighted by Crippen LogP contribution is -2.62. The zero-order valence-electron chi connectivity index (χ0n) is 15.2. The first-order valence-electron chi connectivity index (χ1n) is 7.90. The molecule has 0 radical (unpaired) electrons. The third-order valence-corrected chi connectivity index (χ3v) is 3.99. The molecule has 0 saturated heterocycles. The smallest absolute Gasteiger partial charge is 0.418 e. The number of hydrogen-bond donors (Lipinski definition) is 0. The standard InChI is InChI=1S/C15H4F16N2O/c16-9(17,11(21,22)13(23,24)25)8-33-12(14(26,27)28,15(29,30)31)32-7(34-8)5-1-3-6(4-2-5)10(18,19)20/h1-4H. The Labute approximate surface area is 175 Å². The molecule has 0 N–H and O–H groups in total. The van der Waals surface area contributed by atoms with E-state index in [4.69, 9.17) is 0 Å². The van der Waals surface area contributed by atoms with Crippen LogP contribution in [0.5, 0.6) is 0 Å². The van der Waals surface area contributed by atoms with Gasteiger partial charge in [0.05, 0.1) is 5.56 Å². The van der Waals surface area contributed by atoms with Crippen LogP contribution in [0.2, 0.25) is 0 Å². The van der Waals surface area contributed by atoms with Crippen molar-refractivity contribution in [2.24, 2.45) is 9.98 Å². The molecule has 0 amide bonds. The van der Waals surface area contributed by atoms with Crippen molar-refractivity contribution in [1.29, 1.82) is 0 Å². The normalized spacial score (nSPS) is 18.2. The molecule has 0 aromatic heterocycles. The molecule has 192 valence electrons. The Morgan fingerprint density at radius 3 is 1.41 bits per heavy atom. The van der Waals surface area contributed by atoms with Crippen molar-refractivity contribution in [2.75, 3.05) is 0 Å². The molecule has 3 nitrogen and oxygen atoms in total. The molecule has 0 spiro atoms. The number of alkyl halides is 16. The lowest BCUT2D eigenvalue weighted by Gasteiger charge is -2.36. The summed E-state index contributed by atoms with van der Waals surface area (Å²) < 4.78 is 213. The molecule has 1 heterocycles. The number of rotatable bonds is 3. The van der Waals surface area contributed by atoms with Gasteiger partial charge in [-0.3, -0.25) is 0 Å². The van der Waals surface area contributed by atoms with E-state index in [1.165, 1.54) is 4.99 Å². The SMILES string of the molecule is FC(F)(F)c1ccc(C2=NC(C(F)(F)F)(C(F)(F)F)N=C(C(F)(F)C(F)(F)C(F)(F)F)O2)cc1. The van der Waals surface area contributed by atoms with Gasteiger partial charge in [0.1, 0.15) is 0 Å². The highest BCUT2D eigenvalue weighted by atomic mass is 19.4. The van der Waals surface area contributed by atoms with Gasteiger partial charge in [0.25, 0.3) is 5.90 Å². The van der Waals surface area contributed by atoms with Crippen molar-refractivity contribution in [3.63, 3.8) is 0 Å². The maximum absolute atomic E-state index is 13.9. The van der Waals surface area contributed by atoms with Crippen LogP contribution in [0.3, 0.4) is 0 Å². The van der Waals surface area contributed by atoms with Crippen molar-refractivity contribution in [2.45, 2.75) is 42.2 Å². The minimum Gasteiger partial charge on any atom is -0.418 e. The first-order valence-corrected chi connectivity index (χ1v) is 7.90. The predicted molar refractivity (Wildman–Crippen MR) is 77.3 cm³/mol. The van der Waals surface area contributed by atoms with Crippen LogP contribution in [-0.4, -0.2) is 47.8 Å². The van der Waals surface area contributed by atoms with Gasteiger partial charge in [-0.2, -0.15) is 70.2 Å². The van der Waals surface area contributed by atoms with Gasteiger partial charge in [-0.1, -0.05) is 0 Å². The molecule has 1 aromatic carbocycles. The number of nitrogens with zero attached hydrogens (tertiary/aromatic N) is 2. The lowest BCUT2D eigenvalue weighted by molar-refractivity contribution is -0.339. The van der Waals surface area contributed by atoms with Crippen LogP contribution < -0.4 is 0 Å². The van der Waals surface area contributed by atoms with Gasteiger partial charge in [0.15, 0.2) is 0 Å². The quantitative estimate of drug-likeness (QED) is 0.408. The summed E-state index contributed by atoms with van der Waals surface area (Å²) >= 11 is 0. The zero-order chi connectivity index (χ0) is 26.8. The predicted octanol–water partition coefficient (Wildman–Crippen LogP) is 6.53. The molecule has 0 bridgehead atoms. The van der Waals surface area contributed by atoms with E-state index in [0.717, 1.165) is 0 Å². The van der Waals surface area contributed by atoms with Crippen LogP contribution in [0.15, 0.2) is 34.3 Å². The highest BCUT2D eigenvalue weighted by Crippen LogP contribution is 2.52. The van der Waals surface area contributed by atoms with Gasteiger partial charge >= 0.3 is 42.2 Å². The number of benzene rings is 1. The summed E-state index contributed by atoms with van der Waals surface area (Å²) in [5.41, 5.74) is -8.99. The number of hydrogen-bond acceptors (Lipinski definition) is 3. The molecule has 19 heteroatoms. The summed E-state index contributed by atoms with van der Waals surface area (Å²) in [7, 11) is 0. The van der Waals surface area contributed by atoms with Gasteiger partial charge in [0, 0.05) is 5.56 Å². The highest BCUT2D eigenvalue weighted by molar-refractivity contribution is 6.05. The van der Waals surface area contributed by atoms with Crippen LogP contribution in [-0.2, 0) is 10.9 Å². The molecule has 34 heavy (non-hydrogen) atoms. The van der Waals surface area contributed by atoms with Crippen molar-refractivity contribution in [3.8, 4) is 0 Å². The molecular formula is C15H4F16N2O. The Morgan fingerprint density at radius 1 is 0.618 bits per heavy atom. The maximum Gasteiger partial charge on any atom is 0.460 e. The van der Waals surface area contributed by atoms with Crippen molar-refractivity contribution in [1.82, 2.24) is 0 Å². The summed E-state index contributed by atoms with van der Waals surface area (Å²) in [5, 5.41) is 0. The van der Waals surface area contributed by atoms with Gasteiger partial charge < -0.3 is 4.74 Å². The number of aliphatic imine (C=N–C) groups is 2. The molecule has 1 aliphatic rings. The molecule has 0 fully saturated rings. The highest BCUT2D eigenvalue weighted by Gasteiger charge is 2.80. The second kappa shape index (κ2) is 7.62. The molecule has 1 aliphatic heterocycles. The van der Waals surface area contributed by atoms with E-state index in [9.17, 15) is 70.2 Å². The van der Waals surface area contributed by atoms with E-state index >= 15 is 0 Å². The summed E-state index contributed by atoms with van der Waals surface area (Å²) in [4.78, 5) is 3.23. The topological polar surface area (TPSA) is 34.0 Å². The largest absolute Gasteiger partial charge is 0.460 e. The van der Waals surface area contributed by atoms with Crippen molar-refractivity contribution < 1.29 is 75.0 Å². The second-order valence-corrected chi connectivity index (χ2v) is 6.33. The van der Waals surface area contributed by atoms with E-state index in [-0.39, 0.29) is 24.3 Å². The van der Waals surface area contributed by atoms with Crippen LogP contribution >= 0.6 is 0 Å². The summed E-state index contributed by atoms with van der Waals surface area (Å²) in [6, 6.07) is 0.0835. The Kier molecular flexibility index (Phi) is 6.16. The van der Waals surface area contributed by atoms with E-state index in [0.29, 0.717) is 0 Å². The first-order chi connectivity index (χ1) is 14.9. The zero-order valence-corrected chi connectivity index (χ0v) is 15.2. The van der Waals surface area contributed by atoms with E-state index in [1.807, 2.05) is 4.99 Å². The Morgan fingerprint density at radius 2 is 1.06 bits per heavy atom. The van der Waals surface area contributed by atoms with E-state index in [1.54, 1.807) is 0 Å². The molecule has 0 saturated carbocycles. The third kappa shape index (κ3) is 4.35. The molecular weight excluding hydrogens is 528 g/mol. The van der Waals surface area contributed by atoms with Gasteiger partial charge in [-0.05, 0) is 24.3 Å².